The molecule has 4 nitrogen and oxygen atoms in total. The van der Waals surface area contributed by atoms with Crippen molar-refractivity contribution in [2.24, 2.45) is 0 Å². The van der Waals surface area contributed by atoms with Gasteiger partial charge in [0.15, 0.2) is 0 Å². The van der Waals surface area contributed by atoms with Crippen LogP contribution in [0.25, 0.3) is 0 Å². The third kappa shape index (κ3) is 4.31. The Labute approximate surface area is 171 Å². The van der Waals surface area contributed by atoms with Gasteiger partial charge in [0.25, 0.3) is 0 Å². The van der Waals surface area contributed by atoms with E-state index >= 15 is 0 Å². The first-order valence-electron chi connectivity index (χ1n) is 10.0. The molecule has 5 heteroatoms. The van der Waals surface area contributed by atoms with Crippen molar-refractivity contribution in [3.63, 3.8) is 0 Å². The smallest absolute Gasteiger partial charge is 0.146 e. The van der Waals surface area contributed by atoms with E-state index in [1.807, 2.05) is 6.07 Å². The van der Waals surface area contributed by atoms with Crippen LogP contribution in [0.5, 0.6) is 0 Å². The van der Waals surface area contributed by atoms with E-state index < -0.39 is 6.10 Å². The second-order valence-electron chi connectivity index (χ2n) is 7.56. The molecule has 2 heterocycles. The summed E-state index contributed by atoms with van der Waals surface area (Å²) in [6.45, 7) is 6.19. The molecule has 1 atom stereocenters. The average molecular weight is 391 g/mol. The fourth-order valence-electron chi connectivity index (χ4n) is 3.96. The van der Waals surface area contributed by atoms with Gasteiger partial charge in [0.05, 0.1) is 5.69 Å². The molecule has 1 N–H and O–H groups in total. The molecule has 0 saturated carbocycles. The number of benzene rings is 2. The number of aryl methyl sites for hydroxylation is 1. The Morgan fingerprint density at radius 2 is 1.79 bits per heavy atom. The topological polar surface area (TPSA) is 39.6 Å². The van der Waals surface area contributed by atoms with Gasteiger partial charge < -0.3 is 10.0 Å². The molecule has 1 unspecified atom stereocenters. The Bertz CT molecular complexity index is 955. The first-order chi connectivity index (χ1) is 14.1. The van der Waals surface area contributed by atoms with Gasteiger partial charge in [0.2, 0.25) is 0 Å². The highest BCUT2D eigenvalue weighted by molar-refractivity contribution is 5.58. The van der Waals surface area contributed by atoms with Gasteiger partial charge in [-0.15, -0.1) is 0 Å². The predicted molar refractivity (Wildman–Crippen MR) is 113 cm³/mol. The minimum absolute atomic E-state index is 0.294. The van der Waals surface area contributed by atoms with Crippen molar-refractivity contribution in [1.29, 1.82) is 0 Å². The van der Waals surface area contributed by atoms with Crippen LogP contribution in [0.3, 0.4) is 0 Å². The second kappa shape index (κ2) is 8.72. The van der Waals surface area contributed by atoms with Crippen LogP contribution in [0.15, 0.2) is 67.0 Å². The zero-order valence-electron chi connectivity index (χ0n) is 16.6. The summed E-state index contributed by atoms with van der Waals surface area (Å²) >= 11 is 0. The lowest BCUT2D eigenvalue weighted by Crippen LogP contribution is -2.46. The standard InChI is InChI=1S/C24H26FN3O/c1-18-6-2-3-7-20(18)17-27-12-14-28(15-13-27)23-21(9-4-10-22(23)25)24(29)19-8-5-11-26-16-19/h2-11,16,24,29H,12-15,17H2,1H3. The zero-order chi connectivity index (χ0) is 20.2. The fourth-order valence-corrected chi connectivity index (χ4v) is 3.96. The molecule has 1 saturated heterocycles. The summed E-state index contributed by atoms with van der Waals surface area (Å²) < 4.78 is 14.8. The maximum Gasteiger partial charge on any atom is 0.146 e. The van der Waals surface area contributed by atoms with Crippen LogP contribution in [-0.2, 0) is 6.54 Å². The van der Waals surface area contributed by atoms with E-state index in [1.165, 1.54) is 17.2 Å². The summed E-state index contributed by atoms with van der Waals surface area (Å²) in [5.74, 6) is -0.294. The van der Waals surface area contributed by atoms with E-state index in [4.69, 9.17) is 0 Å². The molecular weight excluding hydrogens is 365 g/mol. The van der Waals surface area contributed by atoms with E-state index in [1.54, 1.807) is 30.6 Å². The molecule has 2 aromatic carbocycles. The largest absolute Gasteiger partial charge is 0.384 e. The molecule has 4 rings (SSSR count). The van der Waals surface area contributed by atoms with Gasteiger partial charge >= 0.3 is 0 Å². The summed E-state index contributed by atoms with van der Waals surface area (Å²) in [4.78, 5) is 8.53. The first kappa shape index (κ1) is 19.6. The summed E-state index contributed by atoms with van der Waals surface area (Å²) in [5.41, 5.74) is 4.38. The Hall–Kier alpha value is -2.76. The molecule has 0 bridgehead atoms. The maximum absolute atomic E-state index is 14.8. The number of halogens is 1. The van der Waals surface area contributed by atoms with Crippen LogP contribution in [0.1, 0.15) is 28.4 Å². The summed E-state index contributed by atoms with van der Waals surface area (Å²) in [5, 5.41) is 10.9. The maximum atomic E-state index is 14.8. The number of pyridine rings is 1. The molecule has 3 aromatic rings. The summed E-state index contributed by atoms with van der Waals surface area (Å²) in [6, 6.07) is 17.0. The molecule has 1 aromatic heterocycles. The SMILES string of the molecule is Cc1ccccc1CN1CCN(c2c(F)cccc2C(O)c2cccnc2)CC1. The number of hydrogen-bond acceptors (Lipinski definition) is 4. The van der Waals surface area contributed by atoms with Crippen LogP contribution < -0.4 is 4.90 Å². The average Bonchev–Trinajstić information content (AvgIpc) is 2.76. The van der Waals surface area contributed by atoms with Crippen LogP contribution in [0.4, 0.5) is 10.1 Å². The third-order valence-electron chi connectivity index (χ3n) is 5.66. The summed E-state index contributed by atoms with van der Waals surface area (Å²) in [7, 11) is 0. The van der Waals surface area contributed by atoms with Crippen LogP contribution in [-0.4, -0.2) is 41.2 Å². The van der Waals surface area contributed by atoms with Gasteiger partial charge in [-0.05, 0) is 30.2 Å². The highest BCUT2D eigenvalue weighted by Gasteiger charge is 2.25. The van der Waals surface area contributed by atoms with E-state index in [0.29, 0.717) is 16.8 Å². The van der Waals surface area contributed by atoms with E-state index in [-0.39, 0.29) is 5.82 Å². The number of aliphatic hydroxyl groups excluding tert-OH is 1. The lowest BCUT2D eigenvalue weighted by molar-refractivity contribution is 0.218. The molecule has 1 aliphatic rings. The van der Waals surface area contributed by atoms with Crippen LogP contribution >= 0.6 is 0 Å². The number of nitrogens with zero attached hydrogens (tertiary/aromatic N) is 3. The lowest BCUT2D eigenvalue weighted by atomic mass is 9.99. The Morgan fingerprint density at radius 3 is 2.52 bits per heavy atom. The number of piperazine rings is 1. The molecule has 0 spiro atoms. The van der Waals surface area contributed by atoms with Crippen molar-refractivity contribution in [1.82, 2.24) is 9.88 Å². The Balaban J connectivity index is 1.51. The van der Waals surface area contributed by atoms with Gasteiger partial charge in [-0.3, -0.25) is 9.88 Å². The van der Waals surface area contributed by atoms with Gasteiger partial charge in [0, 0.05) is 56.2 Å². The van der Waals surface area contributed by atoms with E-state index in [2.05, 4.69) is 46.0 Å². The van der Waals surface area contributed by atoms with Crippen molar-refractivity contribution < 1.29 is 9.50 Å². The monoisotopic (exact) mass is 391 g/mol. The predicted octanol–water partition coefficient (Wildman–Crippen LogP) is 3.93. The van der Waals surface area contributed by atoms with Crippen molar-refractivity contribution in [2.75, 3.05) is 31.1 Å². The molecule has 1 fully saturated rings. The van der Waals surface area contributed by atoms with Gasteiger partial charge in [0.1, 0.15) is 11.9 Å². The Kier molecular flexibility index (Phi) is 5.88. The molecule has 0 amide bonds. The van der Waals surface area contributed by atoms with Crippen LogP contribution in [0, 0.1) is 12.7 Å². The number of hydrogen-bond donors (Lipinski definition) is 1. The molecule has 150 valence electrons. The molecular formula is C24H26FN3O. The second-order valence-corrected chi connectivity index (χ2v) is 7.56. The molecule has 0 radical (unpaired) electrons. The van der Waals surface area contributed by atoms with Gasteiger partial charge in [-0.25, -0.2) is 4.39 Å². The quantitative estimate of drug-likeness (QED) is 0.715. The highest BCUT2D eigenvalue weighted by Crippen LogP contribution is 2.33. The number of aliphatic hydroxyl groups is 1. The van der Waals surface area contributed by atoms with E-state index in [0.717, 1.165) is 32.7 Å². The molecule has 29 heavy (non-hydrogen) atoms. The summed E-state index contributed by atoms with van der Waals surface area (Å²) in [6.07, 6.45) is 2.38. The molecule has 0 aliphatic carbocycles. The number of para-hydroxylation sites is 1. The number of rotatable bonds is 5. The van der Waals surface area contributed by atoms with Crippen molar-refractivity contribution >= 4 is 5.69 Å². The van der Waals surface area contributed by atoms with E-state index in [9.17, 15) is 9.50 Å². The van der Waals surface area contributed by atoms with Gasteiger partial charge in [-0.1, -0.05) is 42.5 Å². The highest BCUT2D eigenvalue weighted by atomic mass is 19.1. The number of aromatic nitrogens is 1. The van der Waals surface area contributed by atoms with Crippen LogP contribution in [0.2, 0.25) is 0 Å². The van der Waals surface area contributed by atoms with Crippen molar-refractivity contribution in [3.8, 4) is 0 Å². The van der Waals surface area contributed by atoms with Crippen molar-refractivity contribution in [3.05, 3.63) is 95.1 Å². The normalized spacial score (nSPS) is 16.0. The number of anilines is 1. The molecule has 1 aliphatic heterocycles. The van der Waals surface area contributed by atoms with Gasteiger partial charge in [-0.2, -0.15) is 0 Å². The lowest BCUT2D eigenvalue weighted by Gasteiger charge is -2.37. The fraction of sp³-hybridized carbons (Fsp3) is 0.292. The minimum atomic E-state index is -0.903. The third-order valence-corrected chi connectivity index (χ3v) is 5.66. The Morgan fingerprint density at radius 1 is 1.00 bits per heavy atom. The zero-order valence-corrected chi connectivity index (χ0v) is 16.6. The minimum Gasteiger partial charge on any atom is -0.384 e. The first-order valence-corrected chi connectivity index (χ1v) is 10.0. The van der Waals surface area contributed by atoms with Crippen molar-refractivity contribution in [2.45, 2.75) is 19.6 Å².